The molecule has 0 radical (unpaired) electrons. The standard InChI is InChI=1S/C12H9O/c1-2-6-11-9(4-1)8-10-5-3-7-12(10)13-11/h1-6,8H,7H2/q+1. The smallest absolute Gasteiger partial charge is 0.211 e. The highest BCUT2D eigenvalue weighted by Gasteiger charge is 2.19. The summed E-state index contributed by atoms with van der Waals surface area (Å²) >= 11 is 0. The van der Waals surface area contributed by atoms with Gasteiger partial charge in [-0.15, -0.1) is 0 Å². The van der Waals surface area contributed by atoms with E-state index >= 15 is 0 Å². The highest BCUT2D eigenvalue weighted by molar-refractivity contribution is 5.80. The van der Waals surface area contributed by atoms with Gasteiger partial charge in [-0.05, 0) is 18.2 Å². The van der Waals surface area contributed by atoms with E-state index in [-0.39, 0.29) is 0 Å². The van der Waals surface area contributed by atoms with E-state index in [0.717, 1.165) is 17.8 Å². The number of hydrogen-bond acceptors (Lipinski definition) is 0. The molecule has 1 aliphatic carbocycles. The molecule has 62 valence electrons. The summed E-state index contributed by atoms with van der Waals surface area (Å²) in [6.45, 7) is 0. The molecule has 0 unspecified atom stereocenters. The maximum atomic E-state index is 5.74. The first-order chi connectivity index (χ1) is 6.43. The Morgan fingerprint density at radius 2 is 2.08 bits per heavy atom. The fraction of sp³-hybridized carbons (Fsp3) is 0.0833. The van der Waals surface area contributed by atoms with E-state index in [9.17, 15) is 0 Å². The first-order valence-corrected chi connectivity index (χ1v) is 4.45. The Labute approximate surface area is 76.3 Å². The fourth-order valence-electron chi connectivity index (χ4n) is 1.73. The Hall–Kier alpha value is -1.63. The van der Waals surface area contributed by atoms with E-state index in [0.29, 0.717) is 0 Å². The molecule has 0 saturated heterocycles. The van der Waals surface area contributed by atoms with Crippen molar-refractivity contribution >= 4 is 17.0 Å². The summed E-state index contributed by atoms with van der Waals surface area (Å²) in [6, 6.07) is 10.3. The number of hydrogen-bond donors (Lipinski definition) is 0. The van der Waals surface area contributed by atoms with Gasteiger partial charge in [0.2, 0.25) is 0 Å². The minimum atomic E-state index is 0.931. The maximum absolute atomic E-state index is 5.74. The minimum absolute atomic E-state index is 0.931. The van der Waals surface area contributed by atoms with Crippen LogP contribution in [0.1, 0.15) is 11.3 Å². The molecule has 0 amide bonds. The molecule has 1 aliphatic rings. The predicted octanol–water partition coefficient (Wildman–Crippen LogP) is 3.28. The molecule has 0 N–H and O–H groups in total. The minimum Gasteiger partial charge on any atom is -0.211 e. The number of para-hydroxylation sites is 1. The lowest BCUT2D eigenvalue weighted by molar-refractivity contribution is 0.555. The summed E-state index contributed by atoms with van der Waals surface area (Å²) in [6.07, 6.45) is 5.18. The van der Waals surface area contributed by atoms with Crippen molar-refractivity contribution in [2.45, 2.75) is 6.42 Å². The molecule has 0 aliphatic heterocycles. The fourth-order valence-corrected chi connectivity index (χ4v) is 1.73. The maximum Gasteiger partial charge on any atom is 0.360 e. The van der Waals surface area contributed by atoms with Crippen LogP contribution in [-0.2, 0) is 6.42 Å². The van der Waals surface area contributed by atoms with E-state index in [1.54, 1.807) is 0 Å². The number of allylic oxidation sites excluding steroid dienone is 1. The van der Waals surface area contributed by atoms with Crippen molar-refractivity contribution < 1.29 is 4.42 Å². The first-order valence-electron chi connectivity index (χ1n) is 4.45. The van der Waals surface area contributed by atoms with Gasteiger partial charge in [-0.1, -0.05) is 18.2 Å². The van der Waals surface area contributed by atoms with E-state index in [1.807, 2.05) is 18.2 Å². The van der Waals surface area contributed by atoms with Gasteiger partial charge in [0.25, 0.3) is 0 Å². The van der Waals surface area contributed by atoms with Crippen LogP contribution in [0.3, 0.4) is 0 Å². The Morgan fingerprint density at radius 3 is 3.08 bits per heavy atom. The molecule has 13 heavy (non-hydrogen) atoms. The van der Waals surface area contributed by atoms with Crippen molar-refractivity contribution in [2.75, 3.05) is 0 Å². The third-order valence-electron chi connectivity index (χ3n) is 2.39. The molecule has 0 saturated carbocycles. The molecule has 1 heterocycles. The van der Waals surface area contributed by atoms with Gasteiger partial charge >= 0.3 is 11.3 Å². The highest BCUT2D eigenvalue weighted by atomic mass is 16.3. The van der Waals surface area contributed by atoms with E-state index in [1.165, 1.54) is 10.9 Å². The average molecular weight is 169 g/mol. The van der Waals surface area contributed by atoms with E-state index < -0.39 is 0 Å². The van der Waals surface area contributed by atoms with Crippen molar-refractivity contribution in [1.82, 2.24) is 0 Å². The van der Waals surface area contributed by atoms with Crippen LogP contribution in [-0.4, -0.2) is 0 Å². The van der Waals surface area contributed by atoms with Crippen LogP contribution in [0.2, 0.25) is 0 Å². The normalized spacial score (nSPS) is 13.5. The molecule has 0 atom stereocenters. The van der Waals surface area contributed by atoms with Crippen molar-refractivity contribution in [2.24, 2.45) is 0 Å². The molecular formula is C12H9O+. The van der Waals surface area contributed by atoms with Crippen LogP contribution in [0.25, 0.3) is 17.0 Å². The average Bonchev–Trinajstić information content (AvgIpc) is 2.61. The van der Waals surface area contributed by atoms with Gasteiger partial charge in [-0.3, -0.25) is 0 Å². The summed E-state index contributed by atoms with van der Waals surface area (Å²) in [4.78, 5) is 0. The lowest BCUT2D eigenvalue weighted by Crippen LogP contribution is -1.81. The van der Waals surface area contributed by atoms with Crippen LogP contribution in [0.15, 0.2) is 40.8 Å². The third kappa shape index (κ3) is 0.970. The van der Waals surface area contributed by atoms with Gasteiger partial charge in [0.15, 0.2) is 0 Å². The van der Waals surface area contributed by atoms with Gasteiger partial charge in [0.05, 0.1) is 17.4 Å². The molecule has 1 aromatic carbocycles. The second-order valence-electron chi connectivity index (χ2n) is 3.27. The van der Waals surface area contributed by atoms with Crippen LogP contribution in [0, 0.1) is 0 Å². The molecule has 0 spiro atoms. The largest absolute Gasteiger partial charge is 0.360 e. The first kappa shape index (κ1) is 6.84. The Balaban J connectivity index is 2.40. The molecule has 3 rings (SSSR count). The second kappa shape index (κ2) is 2.43. The third-order valence-corrected chi connectivity index (χ3v) is 2.39. The highest BCUT2D eigenvalue weighted by Crippen LogP contribution is 2.25. The van der Waals surface area contributed by atoms with Gasteiger partial charge < -0.3 is 0 Å². The summed E-state index contributed by atoms with van der Waals surface area (Å²) in [5.74, 6) is 1.08. The van der Waals surface area contributed by atoms with Gasteiger partial charge in [-0.2, -0.15) is 0 Å². The van der Waals surface area contributed by atoms with Crippen LogP contribution in [0.4, 0.5) is 0 Å². The molecule has 0 bridgehead atoms. The summed E-state index contributed by atoms with van der Waals surface area (Å²) in [5, 5.41) is 1.17. The van der Waals surface area contributed by atoms with Crippen molar-refractivity contribution in [3.05, 3.63) is 47.7 Å². The Morgan fingerprint density at radius 1 is 1.15 bits per heavy atom. The zero-order chi connectivity index (χ0) is 8.67. The zero-order valence-electron chi connectivity index (χ0n) is 7.16. The SMILES string of the molecule is C1=Cc2cc3ccccc3[o+]c2C1. The quantitative estimate of drug-likeness (QED) is 0.551. The Kier molecular flexibility index (Phi) is 1.28. The molecule has 2 aromatic rings. The Bertz CT molecular complexity index is 497. The summed E-state index contributed by atoms with van der Waals surface area (Å²) < 4.78 is 5.74. The zero-order valence-corrected chi connectivity index (χ0v) is 7.16. The second-order valence-corrected chi connectivity index (χ2v) is 3.27. The van der Waals surface area contributed by atoms with E-state index in [2.05, 4.69) is 24.3 Å². The van der Waals surface area contributed by atoms with Crippen LogP contribution < -0.4 is 0 Å². The lowest BCUT2D eigenvalue weighted by Gasteiger charge is -1.89. The number of rotatable bonds is 0. The molecule has 0 fully saturated rings. The molecule has 1 heteroatoms. The van der Waals surface area contributed by atoms with Crippen molar-refractivity contribution in [3.63, 3.8) is 0 Å². The van der Waals surface area contributed by atoms with Gasteiger partial charge in [-0.25, -0.2) is 4.42 Å². The number of fused-ring (bicyclic) bond motifs is 2. The van der Waals surface area contributed by atoms with Crippen molar-refractivity contribution in [1.29, 1.82) is 0 Å². The molecule has 1 aromatic heterocycles. The lowest BCUT2D eigenvalue weighted by atomic mass is 10.1. The topological polar surface area (TPSA) is 11.3 Å². The summed E-state index contributed by atoms with van der Waals surface area (Å²) in [7, 11) is 0. The van der Waals surface area contributed by atoms with Crippen LogP contribution >= 0.6 is 0 Å². The monoisotopic (exact) mass is 169 g/mol. The van der Waals surface area contributed by atoms with Gasteiger partial charge in [0.1, 0.15) is 0 Å². The predicted molar refractivity (Wildman–Crippen MR) is 53.4 cm³/mol. The van der Waals surface area contributed by atoms with Crippen molar-refractivity contribution in [3.8, 4) is 0 Å². The number of benzene rings is 1. The van der Waals surface area contributed by atoms with Gasteiger partial charge in [0, 0.05) is 6.07 Å². The molecular weight excluding hydrogens is 160 g/mol. The summed E-state index contributed by atoms with van der Waals surface area (Å²) in [5.41, 5.74) is 2.20. The van der Waals surface area contributed by atoms with E-state index in [4.69, 9.17) is 4.42 Å². The molecule has 1 nitrogen and oxygen atoms in total. The van der Waals surface area contributed by atoms with Crippen LogP contribution in [0.5, 0.6) is 0 Å².